The number of terminal acetylenes is 1. The van der Waals surface area contributed by atoms with Gasteiger partial charge in [-0.1, -0.05) is 18.2 Å². The molecule has 0 saturated carbocycles. The van der Waals surface area contributed by atoms with Crippen molar-refractivity contribution in [2.45, 2.75) is 4.90 Å². The zero-order valence-electron chi connectivity index (χ0n) is 6.80. The Balaban J connectivity index is 0.000000252. The molecule has 0 aliphatic carbocycles. The highest BCUT2D eigenvalue weighted by atomic mass is 32.1. The molecule has 4 heteroatoms. The zero-order chi connectivity index (χ0) is 9.94. The predicted octanol–water partition coefficient (Wildman–Crippen LogP) is 1.52. The van der Waals surface area contributed by atoms with Crippen LogP contribution in [-0.2, 0) is 31.8 Å². The lowest BCUT2D eigenvalue weighted by molar-refractivity contribution is 0.604. The molecule has 0 bridgehead atoms. The largest absolute Gasteiger partial charge is 0.505 e. The molecule has 1 aromatic carbocycles. The number of rotatable bonds is 2. The molecule has 2 nitrogen and oxygen atoms in total. The van der Waals surface area contributed by atoms with Gasteiger partial charge < -0.3 is 0 Å². The fraction of sp³-hybridized carbons (Fsp3) is 0.111. The first-order valence-electron chi connectivity index (χ1n) is 3.38. The van der Waals surface area contributed by atoms with E-state index in [1.54, 1.807) is 12.1 Å². The molecule has 0 heterocycles. The van der Waals surface area contributed by atoms with Gasteiger partial charge in [-0.2, -0.15) is 0 Å². The lowest BCUT2D eigenvalue weighted by atomic mass is 10.4. The van der Waals surface area contributed by atoms with E-state index in [4.69, 9.17) is 0 Å². The third-order valence-electron chi connectivity index (χ3n) is 0.982. The highest BCUT2D eigenvalue weighted by Crippen LogP contribution is 1.95. The van der Waals surface area contributed by atoms with Crippen LogP contribution in [0.5, 0.6) is 0 Å². The minimum Gasteiger partial charge on any atom is -0.114 e. The summed E-state index contributed by atoms with van der Waals surface area (Å²) in [5, 5.41) is 0. The van der Waals surface area contributed by atoms with Crippen LogP contribution in [-0.4, -0.2) is 5.75 Å². The Kier molecular flexibility index (Phi) is 8.10. The molecule has 0 saturated heterocycles. The molecule has 0 radical (unpaired) electrons. The summed E-state index contributed by atoms with van der Waals surface area (Å²) in [6.07, 6.45) is 4.67. The van der Waals surface area contributed by atoms with Crippen LogP contribution in [0, 0.1) is 12.3 Å². The zero-order valence-corrected chi connectivity index (χ0v) is 8.44. The van der Waals surface area contributed by atoms with Crippen molar-refractivity contribution in [1.82, 2.24) is 0 Å². The average molecular weight is 212 g/mol. The first-order valence-corrected chi connectivity index (χ1v) is 5.03. The molecule has 0 amide bonds. The van der Waals surface area contributed by atoms with Crippen LogP contribution in [0.25, 0.3) is 0 Å². The maximum Gasteiger partial charge on any atom is 0.505 e. The monoisotopic (exact) mass is 212 g/mol. The van der Waals surface area contributed by atoms with Crippen molar-refractivity contribution in [2.24, 2.45) is 0 Å². The Morgan fingerprint density at radius 1 is 1.23 bits per heavy atom. The standard InChI is InChI=1S/C6H5OS.C3H3OS/c7-8-6-4-2-1-3-5-6;1-2-3-5-4/h1-5H;1H,3H2/q2*+1. The first-order chi connectivity index (χ1) is 6.35. The second-order valence-electron chi connectivity index (χ2n) is 1.86. The second-order valence-corrected chi connectivity index (χ2v) is 3.03. The van der Waals surface area contributed by atoms with Crippen LogP contribution >= 0.6 is 0 Å². The van der Waals surface area contributed by atoms with E-state index in [0.29, 0.717) is 23.3 Å². The van der Waals surface area contributed by atoms with E-state index in [1.165, 1.54) is 0 Å². The van der Waals surface area contributed by atoms with Gasteiger partial charge in [-0.05, 0) is 5.92 Å². The van der Waals surface area contributed by atoms with E-state index < -0.39 is 0 Å². The highest BCUT2D eigenvalue weighted by Gasteiger charge is 1.99. The Morgan fingerprint density at radius 3 is 2.08 bits per heavy atom. The average Bonchev–Trinajstić information content (AvgIpc) is 2.21. The van der Waals surface area contributed by atoms with Crippen molar-refractivity contribution in [2.75, 3.05) is 5.75 Å². The SMILES string of the molecule is C#CC[S+]=O.O=[S+]c1ccccc1. The molecule has 0 atom stereocenters. The molecule has 13 heavy (non-hydrogen) atoms. The molecular formula is C9H8O2S2+2. The van der Waals surface area contributed by atoms with Gasteiger partial charge in [-0.25, -0.2) is 0 Å². The molecule has 1 rings (SSSR count). The first kappa shape index (κ1) is 11.8. The van der Waals surface area contributed by atoms with Crippen LogP contribution in [0.3, 0.4) is 0 Å². The van der Waals surface area contributed by atoms with Crippen LogP contribution < -0.4 is 0 Å². The van der Waals surface area contributed by atoms with E-state index >= 15 is 0 Å². The van der Waals surface area contributed by atoms with Crippen molar-refractivity contribution in [3.05, 3.63) is 30.3 Å². The number of benzene rings is 1. The Morgan fingerprint density at radius 2 is 1.85 bits per heavy atom. The Hall–Kier alpha value is -1.18. The van der Waals surface area contributed by atoms with Gasteiger partial charge in [-0.15, -0.1) is 6.42 Å². The molecular weight excluding hydrogens is 204 g/mol. The Bertz CT molecular complexity index is 290. The van der Waals surface area contributed by atoms with E-state index in [0.717, 1.165) is 4.90 Å². The van der Waals surface area contributed by atoms with E-state index in [-0.39, 0.29) is 5.75 Å². The van der Waals surface area contributed by atoms with Gasteiger partial charge in [0, 0.05) is 20.6 Å². The fourth-order valence-corrected chi connectivity index (χ4v) is 0.846. The summed E-state index contributed by atoms with van der Waals surface area (Å²) in [7, 11) is 0. The van der Waals surface area contributed by atoms with E-state index in [2.05, 4.69) is 12.3 Å². The fourth-order valence-electron chi connectivity index (χ4n) is 0.510. The molecule has 0 unspecified atom stereocenters. The van der Waals surface area contributed by atoms with Crippen molar-refractivity contribution in [3.63, 3.8) is 0 Å². The van der Waals surface area contributed by atoms with Crippen molar-refractivity contribution in [1.29, 1.82) is 0 Å². The maximum absolute atomic E-state index is 10.0. The van der Waals surface area contributed by atoms with Gasteiger partial charge in [0.05, 0.1) is 0 Å². The molecule has 0 aromatic heterocycles. The molecule has 66 valence electrons. The summed E-state index contributed by atoms with van der Waals surface area (Å²) < 4.78 is 19.4. The lowest BCUT2D eigenvalue weighted by Gasteiger charge is -1.70. The third-order valence-corrected chi connectivity index (χ3v) is 1.73. The van der Waals surface area contributed by atoms with Gasteiger partial charge in [0.2, 0.25) is 0 Å². The van der Waals surface area contributed by atoms with Crippen LogP contribution in [0.4, 0.5) is 0 Å². The quantitative estimate of drug-likeness (QED) is 0.550. The van der Waals surface area contributed by atoms with Gasteiger partial charge in [0.15, 0.2) is 0 Å². The normalized spacial score (nSPS) is 7.31. The number of hydrogen-bond acceptors (Lipinski definition) is 2. The minimum absolute atomic E-state index is 0.278. The molecule has 1 aromatic rings. The molecule has 0 fully saturated rings. The summed E-state index contributed by atoms with van der Waals surface area (Å²) in [5.74, 6) is 2.45. The lowest BCUT2D eigenvalue weighted by Crippen LogP contribution is -1.66. The van der Waals surface area contributed by atoms with Crippen LogP contribution in [0.15, 0.2) is 35.2 Å². The third kappa shape index (κ3) is 7.19. The van der Waals surface area contributed by atoms with Crippen molar-refractivity contribution >= 4 is 23.3 Å². The van der Waals surface area contributed by atoms with Gasteiger partial charge in [0.1, 0.15) is 0 Å². The highest BCUT2D eigenvalue weighted by molar-refractivity contribution is 7.65. The summed E-state index contributed by atoms with van der Waals surface area (Å²) in [6.45, 7) is 0. The van der Waals surface area contributed by atoms with Gasteiger partial charge >= 0.3 is 23.3 Å². The number of hydrogen-bond donors (Lipinski definition) is 0. The Labute approximate surface area is 85.3 Å². The molecule has 0 N–H and O–H groups in total. The summed E-state index contributed by atoms with van der Waals surface area (Å²) >= 11 is 0.934. The summed E-state index contributed by atoms with van der Waals surface area (Å²) in [5.41, 5.74) is 0. The molecule has 0 aliphatic rings. The van der Waals surface area contributed by atoms with Crippen molar-refractivity contribution < 1.29 is 8.42 Å². The topological polar surface area (TPSA) is 34.1 Å². The van der Waals surface area contributed by atoms with Crippen LogP contribution in [0.2, 0.25) is 0 Å². The van der Waals surface area contributed by atoms with Crippen molar-refractivity contribution in [3.8, 4) is 12.3 Å². The second kappa shape index (κ2) is 8.91. The predicted molar refractivity (Wildman–Crippen MR) is 54.5 cm³/mol. The minimum atomic E-state index is 0.278. The maximum atomic E-state index is 10.0. The van der Waals surface area contributed by atoms with E-state index in [1.807, 2.05) is 18.2 Å². The molecule has 0 aliphatic heterocycles. The van der Waals surface area contributed by atoms with Crippen LogP contribution in [0.1, 0.15) is 0 Å². The summed E-state index contributed by atoms with van der Waals surface area (Å²) in [6, 6.07) is 9.16. The van der Waals surface area contributed by atoms with Gasteiger partial charge in [-0.3, -0.25) is 0 Å². The smallest absolute Gasteiger partial charge is 0.114 e. The molecule has 0 spiro atoms. The van der Waals surface area contributed by atoms with Gasteiger partial charge in [0.25, 0.3) is 10.6 Å². The summed E-state index contributed by atoms with van der Waals surface area (Å²) in [4.78, 5) is 0.771. The van der Waals surface area contributed by atoms with E-state index in [9.17, 15) is 8.42 Å².